The highest BCUT2D eigenvalue weighted by Gasteiger charge is 2.41. The highest BCUT2D eigenvalue weighted by Crippen LogP contribution is 2.26. The number of carbonyl (C=O) groups is 1. The molecule has 0 saturated carbocycles. The van der Waals surface area contributed by atoms with Crippen molar-refractivity contribution in [3.05, 3.63) is 10.0 Å². The molecule has 1 fully saturated rings. The number of hydrogen-bond donors (Lipinski definition) is 1. The quantitative estimate of drug-likeness (QED) is 0.628. The first-order chi connectivity index (χ1) is 12.1. The van der Waals surface area contributed by atoms with Gasteiger partial charge in [0.05, 0.1) is 0 Å². The molecule has 0 aliphatic carbocycles. The monoisotopic (exact) mass is 370 g/mol. The van der Waals surface area contributed by atoms with Crippen molar-refractivity contribution in [1.29, 1.82) is 0 Å². The fraction of sp³-hybridized carbons (Fsp3) is 0.824. The Balaban J connectivity index is 1.73. The van der Waals surface area contributed by atoms with Crippen LogP contribution in [0.4, 0.5) is 0 Å². The molecule has 1 N–H and O–H groups in total. The van der Waals surface area contributed by atoms with Crippen LogP contribution in [0.3, 0.4) is 0 Å². The molecule has 0 aromatic carbocycles. The molecular formula is C17H30N4O3S. The maximum Gasteiger partial charge on any atom is 0.252 e. The minimum absolute atomic E-state index is 0.00438. The average molecular weight is 371 g/mol. The number of ether oxygens (including phenoxy) is 2. The van der Waals surface area contributed by atoms with Crippen molar-refractivity contribution in [1.82, 2.24) is 20.4 Å². The van der Waals surface area contributed by atoms with Crippen LogP contribution < -0.4 is 5.32 Å². The van der Waals surface area contributed by atoms with Crippen LogP contribution in [0, 0.1) is 6.92 Å². The van der Waals surface area contributed by atoms with Crippen molar-refractivity contribution in [2.45, 2.75) is 44.6 Å². The number of aryl methyl sites for hydroxylation is 1. The summed E-state index contributed by atoms with van der Waals surface area (Å²) in [5.74, 6) is -0.00438. The van der Waals surface area contributed by atoms with E-state index in [1.807, 2.05) is 6.92 Å². The molecule has 142 valence electrons. The summed E-state index contributed by atoms with van der Waals surface area (Å²) in [6.07, 6.45) is 4.38. The SMILES string of the molecule is COCCCCN1CCC(OC)(C(=O)NCCc2nnc(C)s2)CC1. The largest absolute Gasteiger partial charge is 0.385 e. The standard InChI is InChI=1S/C17H30N4O3S/c1-14-19-20-15(25-14)6-9-18-16(22)17(24-3)7-11-21(12-8-17)10-4-5-13-23-2/h4-13H2,1-3H3,(H,18,22). The molecule has 2 heterocycles. The third-order valence-corrected chi connectivity index (χ3v) is 5.63. The summed E-state index contributed by atoms with van der Waals surface area (Å²) in [6, 6.07) is 0. The predicted octanol–water partition coefficient (Wildman–Crippen LogP) is 1.41. The molecular weight excluding hydrogens is 340 g/mol. The van der Waals surface area contributed by atoms with E-state index >= 15 is 0 Å². The first-order valence-electron chi connectivity index (χ1n) is 8.93. The number of likely N-dealkylation sites (tertiary alicyclic amines) is 1. The predicted molar refractivity (Wildman–Crippen MR) is 97.9 cm³/mol. The number of unbranched alkanes of at least 4 members (excludes halogenated alkanes) is 1. The Kier molecular flexibility index (Phi) is 8.21. The molecule has 0 spiro atoms. The van der Waals surface area contributed by atoms with Gasteiger partial charge in [-0.05, 0) is 39.2 Å². The van der Waals surface area contributed by atoms with Gasteiger partial charge in [0.25, 0.3) is 5.91 Å². The van der Waals surface area contributed by atoms with Crippen LogP contribution in [0.15, 0.2) is 0 Å². The van der Waals surface area contributed by atoms with Crippen LogP contribution in [0.2, 0.25) is 0 Å². The van der Waals surface area contributed by atoms with E-state index < -0.39 is 5.60 Å². The third kappa shape index (κ3) is 5.99. The number of carbonyl (C=O) groups excluding carboxylic acids is 1. The molecule has 0 bridgehead atoms. The summed E-state index contributed by atoms with van der Waals surface area (Å²) in [4.78, 5) is 15.1. The van der Waals surface area contributed by atoms with Crippen molar-refractivity contribution in [3.8, 4) is 0 Å². The molecule has 1 aromatic heterocycles. The summed E-state index contributed by atoms with van der Waals surface area (Å²) in [7, 11) is 3.38. The number of nitrogens with zero attached hydrogens (tertiary/aromatic N) is 3. The fourth-order valence-corrected chi connectivity index (χ4v) is 3.83. The van der Waals surface area contributed by atoms with E-state index in [4.69, 9.17) is 9.47 Å². The first-order valence-corrected chi connectivity index (χ1v) is 9.75. The maximum absolute atomic E-state index is 12.6. The van der Waals surface area contributed by atoms with Crippen molar-refractivity contribution in [2.24, 2.45) is 0 Å². The number of nitrogens with one attached hydrogen (secondary N) is 1. The smallest absolute Gasteiger partial charge is 0.252 e. The van der Waals surface area contributed by atoms with Crippen LogP contribution in [-0.4, -0.2) is 73.6 Å². The van der Waals surface area contributed by atoms with E-state index in [-0.39, 0.29) is 5.91 Å². The van der Waals surface area contributed by atoms with Crippen LogP contribution in [0.5, 0.6) is 0 Å². The number of rotatable bonds is 10. The van der Waals surface area contributed by atoms with Gasteiger partial charge in [0, 0.05) is 46.9 Å². The maximum atomic E-state index is 12.6. The molecule has 2 rings (SSSR count). The third-order valence-electron chi connectivity index (χ3n) is 4.73. The minimum Gasteiger partial charge on any atom is -0.385 e. The molecule has 7 nitrogen and oxygen atoms in total. The first kappa shape index (κ1) is 20.2. The Morgan fingerprint density at radius 1 is 1.28 bits per heavy atom. The zero-order chi connectivity index (χ0) is 18.1. The zero-order valence-electron chi connectivity index (χ0n) is 15.5. The van der Waals surface area contributed by atoms with Crippen molar-refractivity contribution >= 4 is 17.2 Å². The van der Waals surface area contributed by atoms with Crippen LogP contribution in [0.1, 0.15) is 35.7 Å². The Morgan fingerprint density at radius 3 is 2.64 bits per heavy atom. The summed E-state index contributed by atoms with van der Waals surface area (Å²) >= 11 is 1.57. The van der Waals surface area contributed by atoms with E-state index in [2.05, 4.69) is 20.4 Å². The topological polar surface area (TPSA) is 76.6 Å². The van der Waals surface area contributed by atoms with E-state index in [1.165, 1.54) is 0 Å². The Morgan fingerprint density at radius 2 is 2.04 bits per heavy atom. The molecule has 1 aromatic rings. The summed E-state index contributed by atoms with van der Waals surface area (Å²) in [6.45, 7) is 6.16. The van der Waals surface area contributed by atoms with Gasteiger partial charge in [-0.15, -0.1) is 21.5 Å². The minimum atomic E-state index is -0.694. The van der Waals surface area contributed by atoms with Gasteiger partial charge in [-0.3, -0.25) is 4.79 Å². The van der Waals surface area contributed by atoms with Crippen molar-refractivity contribution in [2.75, 3.05) is 47.0 Å². The molecule has 8 heteroatoms. The van der Waals surface area contributed by atoms with Gasteiger partial charge in [0.2, 0.25) is 0 Å². The Hall–Kier alpha value is -1.09. The van der Waals surface area contributed by atoms with Gasteiger partial charge in [0.1, 0.15) is 15.6 Å². The lowest BCUT2D eigenvalue weighted by Crippen LogP contribution is -2.55. The van der Waals surface area contributed by atoms with Crippen molar-refractivity contribution < 1.29 is 14.3 Å². The normalized spacial score (nSPS) is 17.6. The second kappa shape index (κ2) is 10.2. The summed E-state index contributed by atoms with van der Waals surface area (Å²) in [5, 5.41) is 13.0. The molecule has 1 amide bonds. The summed E-state index contributed by atoms with van der Waals surface area (Å²) < 4.78 is 10.7. The number of amides is 1. The molecule has 0 radical (unpaired) electrons. The highest BCUT2D eigenvalue weighted by molar-refractivity contribution is 7.11. The average Bonchev–Trinajstić information content (AvgIpc) is 3.04. The van der Waals surface area contributed by atoms with E-state index in [1.54, 1.807) is 25.6 Å². The fourth-order valence-electron chi connectivity index (χ4n) is 3.13. The van der Waals surface area contributed by atoms with Gasteiger partial charge in [-0.25, -0.2) is 0 Å². The van der Waals surface area contributed by atoms with E-state index in [9.17, 15) is 4.79 Å². The summed E-state index contributed by atoms with van der Waals surface area (Å²) in [5.41, 5.74) is -0.694. The van der Waals surface area contributed by atoms with Gasteiger partial charge >= 0.3 is 0 Å². The molecule has 1 aliphatic rings. The Labute approximate surface area is 154 Å². The van der Waals surface area contributed by atoms with Crippen LogP contribution in [0.25, 0.3) is 0 Å². The Bertz CT molecular complexity index is 530. The number of hydrogen-bond acceptors (Lipinski definition) is 7. The molecule has 25 heavy (non-hydrogen) atoms. The molecule has 1 aliphatic heterocycles. The van der Waals surface area contributed by atoms with Gasteiger partial charge in [-0.1, -0.05) is 0 Å². The number of methoxy groups -OCH3 is 2. The zero-order valence-corrected chi connectivity index (χ0v) is 16.4. The van der Waals surface area contributed by atoms with Crippen LogP contribution in [-0.2, 0) is 20.7 Å². The lowest BCUT2D eigenvalue weighted by Gasteiger charge is -2.39. The number of piperidine rings is 1. The van der Waals surface area contributed by atoms with Gasteiger partial charge in [0.15, 0.2) is 0 Å². The number of aromatic nitrogens is 2. The molecule has 0 unspecified atom stereocenters. The molecule has 1 saturated heterocycles. The second-order valence-electron chi connectivity index (χ2n) is 6.46. The van der Waals surface area contributed by atoms with E-state index in [0.29, 0.717) is 13.0 Å². The highest BCUT2D eigenvalue weighted by atomic mass is 32.1. The van der Waals surface area contributed by atoms with Crippen molar-refractivity contribution in [3.63, 3.8) is 0 Å². The lowest BCUT2D eigenvalue weighted by atomic mass is 9.90. The van der Waals surface area contributed by atoms with Gasteiger partial charge < -0.3 is 19.7 Å². The molecule has 0 atom stereocenters. The lowest BCUT2D eigenvalue weighted by molar-refractivity contribution is -0.149. The van der Waals surface area contributed by atoms with E-state index in [0.717, 1.165) is 61.9 Å². The van der Waals surface area contributed by atoms with Gasteiger partial charge in [-0.2, -0.15) is 0 Å². The van der Waals surface area contributed by atoms with Crippen LogP contribution >= 0.6 is 11.3 Å². The second-order valence-corrected chi connectivity index (χ2v) is 7.73.